The molecule has 0 radical (unpaired) electrons. The van der Waals surface area contributed by atoms with Crippen molar-refractivity contribution in [2.24, 2.45) is 5.16 Å². The van der Waals surface area contributed by atoms with Crippen LogP contribution in [0.15, 0.2) is 76.3 Å². The molecule has 0 spiro atoms. The van der Waals surface area contributed by atoms with E-state index in [0.717, 1.165) is 11.1 Å². The summed E-state index contributed by atoms with van der Waals surface area (Å²) in [5.41, 5.74) is 1.78. The van der Waals surface area contributed by atoms with E-state index in [1.165, 1.54) is 0 Å². The molecule has 1 heterocycles. The highest BCUT2D eigenvalue weighted by Crippen LogP contribution is 2.25. The molecule has 0 aliphatic rings. The van der Waals surface area contributed by atoms with Crippen molar-refractivity contribution in [1.82, 2.24) is 0 Å². The minimum absolute atomic E-state index is 0.435. The number of hydrogen-bond acceptors (Lipinski definition) is 3. The Morgan fingerprint density at radius 3 is 1.95 bits per heavy atom. The summed E-state index contributed by atoms with van der Waals surface area (Å²) in [7, 11) is 0. The molecule has 3 aromatic rings. The van der Waals surface area contributed by atoms with Gasteiger partial charge in [-0.2, -0.15) is 0 Å². The largest absolute Gasteiger partial charge is 0.456 e. The van der Waals surface area contributed by atoms with Crippen molar-refractivity contribution >= 4 is 11.6 Å². The molecule has 0 bridgehead atoms. The third-order valence-corrected chi connectivity index (χ3v) is 3.33. The maximum Gasteiger partial charge on any atom is 0.136 e. The van der Waals surface area contributed by atoms with Crippen molar-refractivity contribution in [2.45, 2.75) is 0 Å². The summed E-state index contributed by atoms with van der Waals surface area (Å²) in [6.07, 6.45) is 0. The lowest BCUT2D eigenvalue weighted by Gasteiger charge is -2.06. The van der Waals surface area contributed by atoms with Crippen LogP contribution in [-0.2, 0) is 0 Å². The highest BCUT2D eigenvalue weighted by Gasteiger charge is 2.06. The average molecular weight is 298 g/mol. The predicted molar refractivity (Wildman–Crippen MR) is 81.9 cm³/mol. The van der Waals surface area contributed by atoms with Crippen LogP contribution in [0.2, 0.25) is 5.02 Å². The maximum atomic E-state index is 9.09. The van der Waals surface area contributed by atoms with E-state index >= 15 is 0 Å². The van der Waals surface area contributed by atoms with Gasteiger partial charge in [0.25, 0.3) is 0 Å². The molecule has 1 aromatic heterocycles. The van der Waals surface area contributed by atoms with Gasteiger partial charge >= 0.3 is 0 Å². The molecule has 21 heavy (non-hydrogen) atoms. The van der Waals surface area contributed by atoms with Gasteiger partial charge in [0.15, 0.2) is 0 Å². The molecular weight excluding hydrogens is 286 g/mol. The van der Waals surface area contributed by atoms with Gasteiger partial charge in [-0.25, -0.2) is 0 Å². The highest BCUT2D eigenvalue weighted by atomic mass is 35.5. The van der Waals surface area contributed by atoms with Gasteiger partial charge in [-0.15, -0.1) is 0 Å². The molecule has 0 saturated heterocycles. The van der Waals surface area contributed by atoms with Crippen LogP contribution in [0.5, 0.6) is 0 Å². The second-order valence-corrected chi connectivity index (χ2v) is 4.95. The summed E-state index contributed by atoms with van der Waals surface area (Å²) in [5.74, 6) is 1.25. The van der Waals surface area contributed by atoms with E-state index in [-0.39, 0.29) is 0 Å². The van der Waals surface area contributed by atoms with Crippen LogP contribution in [0.25, 0.3) is 22.6 Å². The monoisotopic (exact) mass is 297 g/mol. The van der Waals surface area contributed by atoms with Crippen LogP contribution in [0.1, 0.15) is 0 Å². The molecule has 0 saturated carbocycles. The average Bonchev–Trinajstić information content (AvgIpc) is 2.56. The van der Waals surface area contributed by atoms with Gasteiger partial charge in [0, 0.05) is 28.3 Å². The van der Waals surface area contributed by atoms with Crippen LogP contribution in [0.4, 0.5) is 0 Å². The molecule has 2 aromatic carbocycles. The predicted octanol–water partition coefficient (Wildman–Crippen LogP) is 4.56. The zero-order chi connectivity index (χ0) is 14.7. The molecule has 0 unspecified atom stereocenters. The van der Waals surface area contributed by atoms with Gasteiger partial charge in [-0.1, -0.05) is 47.1 Å². The second-order valence-electron chi connectivity index (χ2n) is 4.52. The second kappa shape index (κ2) is 5.85. The van der Waals surface area contributed by atoms with E-state index in [2.05, 4.69) is 5.16 Å². The Morgan fingerprint density at radius 2 is 1.38 bits per heavy atom. The van der Waals surface area contributed by atoms with Gasteiger partial charge in [0.05, 0.1) is 0 Å². The number of benzene rings is 2. The molecule has 0 amide bonds. The Morgan fingerprint density at radius 1 is 0.810 bits per heavy atom. The molecule has 104 valence electrons. The molecule has 0 atom stereocenters. The molecule has 4 heteroatoms. The number of halogens is 1. The summed E-state index contributed by atoms with van der Waals surface area (Å²) >= 11 is 5.90. The summed E-state index contributed by atoms with van der Waals surface area (Å²) in [5, 5.41) is 13.5. The summed E-state index contributed by atoms with van der Waals surface area (Å²) in [6.45, 7) is 0. The van der Waals surface area contributed by atoms with Crippen molar-refractivity contribution in [2.75, 3.05) is 0 Å². The third-order valence-electron chi connectivity index (χ3n) is 3.08. The van der Waals surface area contributed by atoms with Gasteiger partial charge in [-0.05, 0) is 24.3 Å². The Balaban J connectivity index is 2.16. The first-order valence-electron chi connectivity index (χ1n) is 6.41. The van der Waals surface area contributed by atoms with Crippen molar-refractivity contribution in [1.29, 1.82) is 0 Å². The molecule has 0 fully saturated rings. The van der Waals surface area contributed by atoms with Crippen molar-refractivity contribution in [3.05, 3.63) is 77.1 Å². The normalized spacial score (nSPS) is 11.6. The zero-order valence-electron chi connectivity index (χ0n) is 11.0. The molecule has 3 rings (SSSR count). The number of nitrogens with zero attached hydrogens (tertiary/aromatic N) is 1. The number of rotatable bonds is 2. The van der Waals surface area contributed by atoms with Crippen LogP contribution in [0, 0.1) is 0 Å². The first-order chi connectivity index (χ1) is 10.3. The standard InChI is InChI=1S/C17H12ClNO2/c18-14-8-6-13(7-9-14)17-11-15(19-20)10-16(21-17)12-4-2-1-3-5-12/h1-11,20H/b19-15-. The summed E-state index contributed by atoms with van der Waals surface area (Å²) in [6, 6.07) is 20.3. The molecular formula is C17H12ClNO2. The molecule has 3 nitrogen and oxygen atoms in total. The van der Waals surface area contributed by atoms with Crippen LogP contribution in [0.3, 0.4) is 0 Å². The molecule has 0 aliphatic carbocycles. The Bertz CT molecular complexity index is 808. The number of hydrogen-bond donors (Lipinski definition) is 1. The molecule has 1 N–H and O–H groups in total. The Hall–Kier alpha value is -2.52. The quantitative estimate of drug-likeness (QED) is 0.557. The fourth-order valence-corrected chi connectivity index (χ4v) is 2.17. The maximum absolute atomic E-state index is 9.09. The lowest BCUT2D eigenvalue weighted by molar-refractivity contribution is 0.301. The first kappa shape index (κ1) is 13.5. The Labute approximate surface area is 126 Å². The zero-order valence-corrected chi connectivity index (χ0v) is 11.8. The van der Waals surface area contributed by atoms with E-state index in [1.807, 2.05) is 42.5 Å². The van der Waals surface area contributed by atoms with Crippen molar-refractivity contribution < 1.29 is 9.62 Å². The van der Waals surface area contributed by atoms with Crippen LogP contribution in [-0.4, -0.2) is 5.21 Å². The fraction of sp³-hybridized carbons (Fsp3) is 0. The Kier molecular flexibility index (Phi) is 3.75. The van der Waals surface area contributed by atoms with Gasteiger partial charge in [-0.3, -0.25) is 0 Å². The highest BCUT2D eigenvalue weighted by molar-refractivity contribution is 6.30. The minimum atomic E-state index is 0.435. The van der Waals surface area contributed by atoms with E-state index in [1.54, 1.807) is 24.3 Å². The summed E-state index contributed by atoms with van der Waals surface area (Å²) < 4.78 is 5.92. The topological polar surface area (TPSA) is 45.7 Å². The van der Waals surface area contributed by atoms with Crippen molar-refractivity contribution in [3.8, 4) is 22.6 Å². The minimum Gasteiger partial charge on any atom is -0.456 e. The van der Waals surface area contributed by atoms with Crippen LogP contribution < -0.4 is 5.36 Å². The third kappa shape index (κ3) is 2.98. The van der Waals surface area contributed by atoms with E-state index < -0.39 is 0 Å². The smallest absolute Gasteiger partial charge is 0.136 e. The van der Waals surface area contributed by atoms with Crippen molar-refractivity contribution in [3.63, 3.8) is 0 Å². The van der Waals surface area contributed by atoms with Gasteiger partial charge in [0.1, 0.15) is 16.9 Å². The van der Waals surface area contributed by atoms with E-state index in [4.69, 9.17) is 21.2 Å². The lowest BCUT2D eigenvalue weighted by atomic mass is 10.1. The van der Waals surface area contributed by atoms with Crippen LogP contribution >= 0.6 is 11.6 Å². The fourth-order valence-electron chi connectivity index (χ4n) is 2.05. The van der Waals surface area contributed by atoms with Gasteiger partial charge in [0.2, 0.25) is 0 Å². The van der Waals surface area contributed by atoms with E-state index in [9.17, 15) is 0 Å². The summed E-state index contributed by atoms with van der Waals surface area (Å²) in [4.78, 5) is 0. The van der Waals surface area contributed by atoms with Gasteiger partial charge < -0.3 is 9.62 Å². The van der Waals surface area contributed by atoms with E-state index in [0.29, 0.717) is 21.9 Å². The lowest BCUT2D eigenvalue weighted by Crippen LogP contribution is -2.01. The SMILES string of the molecule is O/N=c1/cc(-c2ccccc2)oc(-c2ccc(Cl)cc2)c1. The first-order valence-corrected chi connectivity index (χ1v) is 6.79. The molecule has 0 aliphatic heterocycles.